The molecule has 0 aliphatic rings. The van der Waals surface area contributed by atoms with Crippen LogP contribution in [0.1, 0.15) is 35.2 Å². The minimum atomic E-state index is -1.11. The summed E-state index contributed by atoms with van der Waals surface area (Å²) in [7, 11) is 0. The molecule has 0 bridgehead atoms. The third-order valence-corrected chi connectivity index (χ3v) is 3.63. The lowest BCUT2D eigenvalue weighted by molar-refractivity contribution is -0.117. The normalized spacial score (nSPS) is 11.7. The maximum atomic E-state index is 12.5. The number of carboxylic acid groups (broad SMARTS) is 1. The molecule has 22 heavy (non-hydrogen) atoms. The van der Waals surface area contributed by atoms with E-state index in [1.54, 1.807) is 0 Å². The number of carboxylic acids is 1. The van der Waals surface area contributed by atoms with Gasteiger partial charge in [-0.25, -0.2) is 4.79 Å². The molecule has 4 nitrogen and oxygen atoms in total. The van der Waals surface area contributed by atoms with Crippen molar-refractivity contribution in [1.29, 1.82) is 0 Å². The molecule has 2 aromatic rings. The molecule has 0 saturated carbocycles. The molecule has 1 atom stereocenters. The summed E-state index contributed by atoms with van der Waals surface area (Å²) in [5, 5.41) is 12.2. The van der Waals surface area contributed by atoms with Crippen LogP contribution in [0.15, 0.2) is 48.5 Å². The van der Waals surface area contributed by atoms with E-state index in [2.05, 4.69) is 5.32 Å². The number of rotatable bonds is 5. The highest BCUT2D eigenvalue weighted by molar-refractivity contribution is 6.31. The van der Waals surface area contributed by atoms with E-state index < -0.39 is 5.97 Å². The summed E-state index contributed by atoms with van der Waals surface area (Å²) in [5.74, 6) is -1.71. The van der Waals surface area contributed by atoms with Gasteiger partial charge in [-0.05, 0) is 30.2 Å². The number of hydrogen-bond donors (Lipinski definition) is 2. The van der Waals surface area contributed by atoms with E-state index in [-0.39, 0.29) is 23.1 Å². The zero-order valence-corrected chi connectivity index (χ0v) is 12.8. The molecule has 0 heterocycles. The number of aromatic carboxylic acids is 1. The summed E-state index contributed by atoms with van der Waals surface area (Å²) in [6.45, 7) is 1.91. The summed E-state index contributed by atoms with van der Waals surface area (Å²) >= 11 is 5.89. The maximum absolute atomic E-state index is 12.5. The summed E-state index contributed by atoms with van der Waals surface area (Å²) in [6.07, 6.45) is 0.610. The van der Waals surface area contributed by atoms with Crippen LogP contribution >= 0.6 is 11.6 Å². The lowest BCUT2D eigenvalue weighted by atomic mass is 9.95. The van der Waals surface area contributed by atoms with Crippen LogP contribution in [0, 0.1) is 0 Å². The Morgan fingerprint density at radius 1 is 1.18 bits per heavy atom. The van der Waals surface area contributed by atoms with E-state index in [0.29, 0.717) is 11.4 Å². The molecular formula is C17H16ClNO3. The topological polar surface area (TPSA) is 66.4 Å². The molecule has 0 radical (unpaired) electrons. The van der Waals surface area contributed by atoms with Gasteiger partial charge in [-0.3, -0.25) is 4.79 Å². The highest BCUT2D eigenvalue weighted by atomic mass is 35.5. The molecule has 0 aliphatic carbocycles. The number of hydrogen-bond acceptors (Lipinski definition) is 2. The molecule has 0 fully saturated rings. The van der Waals surface area contributed by atoms with E-state index in [9.17, 15) is 14.7 Å². The first-order valence-corrected chi connectivity index (χ1v) is 7.29. The van der Waals surface area contributed by atoms with Gasteiger partial charge in [-0.15, -0.1) is 0 Å². The predicted molar refractivity (Wildman–Crippen MR) is 86.5 cm³/mol. The summed E-state index contributed by atoms with van der Waals surface area (Å²) in [4.78, 5) is 23.7. The van der Waals surface area contributed by atoms with Crippen molar-refractivity contribution in [3.63, 3.8) is 0 Å². The smallest absolute Gasteiger partial charge is 0.337 e. The molecule has 0 aromatic heterocycles. The Hall–Kier alpha value is -2.33. The second-order valence-electron chi connectivity index (χ2n) is 4.86. The number of nitrogens with one attached hydrogen (secondary N) is 1. The monoisotopic (exact) mass is 317 g/mol. The van der Waals surface area contributed by atoms with Gasteiger partial charge in [-0.1, -0.05) is 48.9 Å². The molecular weight excluding hydrogens is 302 g/mol. The van der Waals surface area contributed by atoms with Crippen LogP contribution in [0.2, 0.25) is 5.02 Å². The number of amides is 1. The molecule has 0 saturated heterocycles. The van der Waals surface area contributed by atoms with Gasteiger partial charge in [0.15, 0.2) is 0 Å². The Kier molecular flexibility index (Phi) is 5.17. The van der Waals surface area contributed by atoms with Crippen molar-refractivity contribution in [1.82, 2.24) is 0 Å². The first kappa shape index (κ1) is 16.0. The molecule has 2 aromatic carbocycles. The minimum Gasteiger partial charge on any atom is -0.478 e. The fourth-order valence-corrected chi connectivity index (χ4v) is 2.46. The van der Waals surface area contributed by atoms with Crippen LogP contribution in [-0.2, 0) is 4.79 Å². The number of carbonyl (C=O) groups is 2. The fraction of sp³-hybridized carbons (Fsp3) is 0.176. The van der Waals surface area contributed by atoms with E-state index in [0.717, 1.165) is 5.56 Å². The molecule has 5 heteroatoms. The van der Waals surface area contributed by atoms with Crippen LogP contribution in [0.5, 0.6) is 0 Å². The molecule has 1 amide bonds. The van der Waals surface area contributed by atoms with Crippen LogP contribution in [0.3, 0.4) is 0 Å². The average molecular weight is 318 g/mol. The van der Waals surface area contributed by atoms with E-state index in [4.69, 9.17) is 11.6 Å². The van der Waals surface area contributed by atoms with Gasteiger partial charge < -0.3 is 10.4 Å². The molecule has 114 valence electrons. The Balaban J connectivity index is 2.28. The van der Waals surface area contributed by atoms with Gasteiger partial charge in [-0.2, -0.15) is 0 Å². The van der Waals surface area contributed by atoms with Gasteiger partial charge in [0, 0.05) is 5.02 Å². The van der Waals surface area contributed by atoms with E-state index in [1.165, 1.54) is 18.2 Å². The zero-order chi connectivity index (χ0) is 16.1. The largest absolute Gasteiger partial charge is 0.478 e. The van der Waals surface area contributed by atoms with E-state index >= 15 is 0 Å². The molecule has 0 spiro atoms. The minimum absolute atomic E-state index is 0.0145. The van der Waals surface area contributed by atoms with Crippen molar-refractivity contribution >= 4 is 29.2 Å². The summed E-state index contributed by atoms with van der Waals surface area (Å²) in [5.41, 5.74) is 1.11. The number of anilines is 1. The van der Waals surface area contributed by atoms with Crippen molar-refractivity contribution < 1.29 is 14.7 Å². The number of carbonyl (C=O) groups excluding carboxylic acids is 1. The summed E-state index contributed by atoms with van der Waals surface area (Å²) in [6, 6.07) is 13.7. The second-order valence-corrected chi connectivity index (χ2v) is 5.29. The molecule has 2 rings (SSSR count). The molecule has 2 N–H and O–H groups in total. The number of halogens is 1. The SMILES string of the molecule is CC[C@H](C(=O)Nc1cc(Cl)ccc1C(=O)O)c1ccccc1. The third kappa shape index (κ3) is 3.65. The van der Waals surface area contributed by atoms with Crippen molar-refractivity contribution in [3.8, 4) is 0 Å². The lowest BCUT2D eigenvalue weighted by Gasteiger charge is -2.16. The second kappa shape index (κ2) is 7.09. The van der Waals surface area contributed by atoms with Gasteiger partial charge in [0.2, 0.25) is 5.91 Å². The Labute approximate surface area is 133 Å². The Bertz CT molecular complexity index is 686. The van der Waals surface area contributed by atoms with Crippen LogP contribution in [0.25, 0.3) is 0 Å². The Morgan fingerprint density at radius 3 is 2.45 bits per heavy atom. The average Bonchev–Trinajstić information content (AvgIpc) is 2.48. The fourth-order valence-electron chi connectivity index (χ4n) is 2.28. The number of benzene rings is 2. The zero-order valence-electron chi connectivity index (χ0n) is 12.0. The van der Waals surface area contributed by atoms with Crippen molar-refractivity contribution in [2.75, 3.05) is 5.32 Å². The van der Waals surface area contributed by atoms with Gasteiger partial charge >= 0.3 is 5.97 Å². The highest BCUT2D eigenvalue weighted by Gasteiger charge is 2.21. The first-order valence-electron chi connectivity index (χ1n) is 6.91. The van der Waals surface area contributed by atoms with Gasteiger partial charge in [0.05, 0.1) is 17.2 Å². The van der Waals surface area contributed by atoms with E-state index in [1.807, 2.05) is 37.3 Å². The van der Waals surface area contributed by atoms with Gasteiger partial charge in [0.25, 0.3) is 0 Å². The van der Waals surface area contributed by atoms with Crippen LogP contribution in [0.4, 0.5) is 5.69 Å². The third-order valence-electron chi connectivity index (χ3n) is 3.40. The van der Waals surface area contributed by atoms with Crippen molar-refractivity contribution in [2.45, 2.75) is 19.3 Å². The van der Waals surface area contributed by atoms with Crippen molar-refractivity contribution in [3.05, 3.63) is 64.7 Å². The first-order chi connectivity index (χ1) is 10.5. The van der Waals surface area contributed by atoms with Crippen molar-refractivity contribution in [2.24, 2.45) is 0 Å². The van der Waals surface area contributed by atoms with Crippen LogP contribution in [-0.4, -0.2) is 17.0 Å². The Morgan fingerprint density at radius 2 is 1.86 bits per heavy atom. The predicted octanol–water partition coefficient (Wildman–Crippen LogP) is 4.17. The molecule has 0 unspecified atom stereocenters. The standard InChI is InChI=1S/C17H16ClNO3/c1-2-13(11-6-4-3-5-7-11)16(20)19-15-10-12(18)8-9-14(15)17(21)22/h3-10,13H,2H2,1H3,(H,19,20)(H,21,22)/t13-/m0/s1. The maximum Gasteiger partial charge on any atom is 0.337 e. The lowest BCUT2D eigenvalue weighted by Crippen LogP contribution is -2.22. The highest BCUT2D eigenvalue weighted by Crippen LogP contribution is 2.25. The summed E-state index contributed by atoms with van der Waals surface area (Å²) < 4.78 is 0. The van der Waals surface area contributed by atoms with Crippen LogP contribution < -0.4 is 5.32 Å². The quantitative estimate of drug-likeness (QED) is 0.869. The van der Waals surface area contributed by atoms with Gasteiger partial charge in [0.1, 0.15) is 0 Å². The molecule has 0 aliphatic heterocycles.